The van der Waals surface area contributed by atoms with Gasteiger partial charge in [0.25, 0.3) is 0 Å². The molecule has 42 heavy (non-hydrogen) atoms. The Morgan fingerprint density at radius 3 is 2.43 bits per heavy atom. The molecule has 9 heteroatoms. The van der Waals surface area contributed by atoms with Crippen molar-refractivity contribution in [3.63, 3.8) is 0 Å². The fourth-order valence-electron chi connectivity index (χ4n) is 5.95. The number of benzene rings is 3. The van der Waals surface area contributed by atoms with E-state index in [1.807, 2.05) is 48.7 Å². The third kappa shape index (κ3) is 4.95. The van der Waals surface area contributed by atoms with E-state index in [4.69, 9.17) is 10.7 Å². The summed E-state index contributed by atoms with van der Waals surface area (Å²) >= 11 is 0. The number of rotatable bonds is 6. The van der Waals surface area contributed by atoms with E-state index >= 15 is 0 Å². The second-order valence-electron chi connectivity index (χ2n) is 11.9. The van der Waals surface area contributed by atoms with Gasteiger partial charge < -0.3 is 21.3 Å². The first-order valence-electron chi connectivity index (χ1n) is 14.6. The summed E-state index contributed by atoms with van der Waals surface area (Å²) in [6, 6.07) is 19.8. The first-order chi connectivity index (χ1) is 20.4. The van der Waals surface area contributed by atoms with Gasteiger partial charge in [0.1, 0.15) is 22.9 Å². The lowest BCUT2D eigenvalue weighted by atomic mass is 10.00. The number of fused-ring (bicyclic) bond motifs is 2. The van der Waals surface area contributed by atoms with E-state index in [1.54, 1.807) is 6.20 Å². The molecule has 2 aliphatic rings. The summed E-state index contributed by atoms with van der Waals surface area (Å²) in [7, 11) is 2.17. The van der Waals surface area contributed by atoms with E-state index in [1.165, 1.54) is 5.56 Å². The average molecular weight is 561 g/mol. The number of nitrogens with zero attached hydrogens (tertiary/aromatic N) is 5. The Morgan fingerprint density at radius 2 is 1.69 bits per heavy atom. The number of anilines is 3. The number of hydrogen-bond donors (Lipinski definition) is 3. The number of nitrogens with two attached hydrogens (primary N) is 1. The summed E-state index contributed by atoms with van der Waals surface area (Å²) in [5.41, 5.74) is 11.8. The van der Waals surface area contributed by atoms with Crippen LogP contribution in [0.25, 0.3) is 27.5 Å². The molecule has 3 aromatic carbocycles. The van der Waals surface area contributed by atoms with E-state index in [0.29, 0.717) is 5.82 Å². The Labute approximate surface area is 245 Å². The second-order valence-corrected chi connectivity index (χ2v) is 11.9. The third-order valence-corrected chi connectivity index (χ3v) is 8.76. The maximum atomic E-state index is 13.1. The molecule has 2 amide bonds. The minimum atomic E-state index is -0.287. The summed E-state index contributed by atoms with van der Waals surface area (Å²) < 4.78 is 2.09. The molecule has 0 unspecified atom stereocenters. The van der Waals surface area contributed by atoms with Crippen LogP contribution in [0.5, 0.6) is 0 Å². The number of amides is 2. The van der Waals surface area contributed by atoms with Crippen LogP contribution in [0.2, 0.25) is 0 Å². The molecule has 2 fully saturated rings. The van der Waals surface area contributed by atoms with Crippen molar-refractivity contribution >= 4 is 39.5 Å². The fourth-order valence-corrected chi connectivity index (χ4v) is 5.95. The lowest BCUT2D eigenvalue weighted by molar-refractivity contribution is 0.148. The van der Waals surface area contributed by atoms with Crippen molar-refractivity contribution < 1.29 is 4.79 Å². The van der Waals surface area contributed by atoms with Gasteiger partial charge in [0.2, 0.25) is 0 Å². The maximum absolute atomic E-state index is 13.1. The Hall–Kier alpha value is -4.47. The van der Waals surface area contributed by atoms with Crippen LogP contribution in [0.3, 0.4) is 0 Å². The Kier molecular flexibility index (Phi) is 6.56. The molecule has 3 heterocycles. The van der Waals surface area contributed by atoms with Gasteiger partial charge in [0.15, 0.2) is 0 Å². The van der Waals surface area contributed by atoms with Crippen LogP contribution in [-0.4, -0.2) is 63.4 Å². The minimum Gasteiger partial charge on any atom is -0.382 e. The van der Waals surface area contributed by atoms with Crippen LogP contribution >= 0.6 is 0 Å². The molecule has 7 rings (SSSR count). The average Bonchev–Trinajstić information content (AvgIpc) is 3.61. The number of imidazole rings is 1. The van der Waals surface area contributed by atoms with Crippen molar-refractivity contribution in [3.8, 4) is 11.3 Å². The van der Waals surface area contributed by atoms with Crippen LogP contribution in [0.1, 0.15) is 31.2 Å². The summed E-state index contributed by atoms with van der Waals surface area (Å²) in [4.78, 5) is 27.4. The van der Waals surface area contributed by atoms with Crippen LogP contribution < -0.4 is 16.4 Å². The molecule has 5 aromatic rings. The van der Waals surface area contributed by atoms with Gasteiger partial charge in [-0.05, 0) is 49.0 Å². The summed E-state index contributed by atoms with van der Waals surface area (Å²) in [5.74, 6) is 1.47. The van der Waals surface area contributed by atoms with E-state index < -0.39 is 0 Å². The summed E-state index contributed by atoms with van der Waals surface area (Å²) in [6.07, 6.45) is 5.88. The van der Waals surface area contributed by atoms with Crippen LogP contribution in [0.15, 0.2) is 73.1 Å². The number of likely N-dealkylation sites (N-methyl/N-ethyl adjacent to an activating group) is 1. The quantitative estimate of drug-likeness (QED) is 0.251. The predicted octanol–water partition coefficient (Wildman–Crippen LogP) is 5.57. The standard InChI is InChI=1S/C33H36N8O/c1-33(13-14-33)31-38-28(29-30(34)35-15-16-41(29)31)26-11-12-27(25-6-4-3-5-24(25)26)37-32(42)36-23-9-7-22(8-10-23)21-40-19-17-39(2)18-20-40/h3-12,15-16H,13-14,17-21H2,1-2H3,(H2,34,35)(H2,36,37,42). The lowest BCUT2D eigenvalue weighted by Gasteiger charge is -2.32. The van der Waals surface area contributed by atoms with E-state index in [-0.39, 0.29) is 11.4 Å². The number of urea groups is 1. The maximum Gasteiger partial charge on any atom is 0.323 e. The monoisotopic (exact) mass is 560 g/mol. The molecule has 214 valence electrons. The van der Waals surface area contributed by atoms with E-state index in [9.17, 15) is 4.79 Å². The Morgan fingerprint density at radius 1 is 0.952 bits per heavy atom. The van der Waals surface area contributed by atoms with E-state index in [0.717, 1.165) is 90.3 Å². The van der Waals surface area contributed by atoms with Gasteiger partial charge in [0, 0.05) is 67.2 Å². The molecule has 1 aliphatic carbocycles. The zero-order valence-corrected chi connectivity index (χ0v) is 24.1. The van der Waals surface area contributed by atoms with Gasteiger partial charge in [-0.25, -0.2) is 14.8 Å². The molecule has 0 radical (unpaired) electrons. The van der Waals surface area contributed by atoms with Crippen LogP contribution in [0, 0.1) is 0 Å². The second kappa shape index (κ2) is 10.4. The highest BCUT2D eigenvalue weighted by Gasteiger charge is 2.43. The van der Waals surface area contributed by atoms with Crippen LogP contribution in [0.4, 0.5) is 22.0 Å². The van der Waals surface area contributed by atoms with Crippen molar-refractivity contribution in [1.29, 1.82) is 0 Å². The van der Waals surface area contributed by atoms with Gasteiger partial charge in [-0.15, -0.1) is 0 Å². The number of aromatic nitrogens is 3. The topological polar surface area (TPSA) is 104 Å². The first kappa shape index (κ1) is 26.4. The zero-order valence-electron chi connectivity index (χ0n) is 24.1. The molecule has 4 N–H and O–H groups in total. The van der Waals surface area contributed by atoms with Crippen molar-refractivity contribution in [3.05, 3.63) is 84.4 Å². The van der Waals surface area contributed by atoms with Crippen molar-refractivity contribution in [2.75, 3.05) is 49.6 Å². The zero-order chi connectivity index (χ0) is 28.8. The molecule has 1 aliphatic heterocycles. The largest absolute Gasteiger partial charge is 0.382 e. The lowest BCUT2D eigenvalue weighted by Crippen LogP contribution is -2.43. The molecule has 1 saturated heterocycles. The van der Waals surface area contributed by atoms with Crippen molar-refractivity contribution in [2.24, 2.45) is 0 Å². The number of nitrogens with one attached hydrogen (secondary N) is 2. The molecule has 0 bridgehead atoms. The minimum absolute atomic E-state index is 0.0487. The number of piperazine rings is 1. The molecule has 0 spiro atoms. The molecule has 0 atom stereocenters. The highest BCUT2D eigenvalue weighted by atomic mass is 16.2. The number of carbonyl (C=O) groups is 1. The van der Waals surface area contributed by atoms with Gasteiger partial charge in [-0.1, -0.05) is 49.4 Å². The number of hydrogen-bond acceptors (Lipinski definition) is 6. The van der Waals surface area contributed by atoms with Crippen LogP contribution in [-0.2, 0) is 12.0 Å². The van der Waals surface area contributed by atoms with Gasteiger partial charge in [0.05, 0.1) is 5.69 Å². The van der Waals surface area contributed by atoms with Crippen molar-refractivity contribution in [2.45, 2.75) is 31.7 Å². The highest BCUT2D eigenvalue weighted by Crippen LogP contribution is 2.49. The third-order valence-electron chi connectivity index (χ3n) is 8.76. The SMILES string of the molecule is CN1CCN(Cc2ccc(NC(=O)Nc3ccc(-c4nc(C5(C)CC5)n5ccnc(N)c45)c4ccccc34)cc2)CC1. The van der Waals surface area contributed by atoms with Gasteiger partial charge >= 0.3 is 6.03 Å². The molecular formula is C33H36N8O. The molecule has 1 saturated carbocycles. The molecule has 2 aromatic heterocycles. The van der Waals surface area contributed by atoms with Gasteiger partial charge in [-0.2, -0.15) is 0 Å². The smallest absolute Gasteiger partial charge is 0.323 e. The summed E-state index contributed by atoms with van der Waals surface area (Å²) in [5, 5.41) is 7.96. The Balaban J connectivity index is 1.13. The number of carbonyl (C=O) groups excluding carboxylic acids is 1. The normalized spacial score (nSPS) is 17.0. The summed E-state index contributed by atoms with van der Waals surface area (Å²) in [6.45, 7) is 7.51. The van der Waals surface area contributed by atoms with Gasteiger partial charge in [-0.3, -0.25) is 9.30 Å². The number of nitrogen functional groups attached to an aromatic ring is 1. The van der Waals surface area contributed by atoms with E-state index in [2.05, 4.69) is 62.0 Å². The molecule has 9 nitrogen and oxygen atoms in total. The Bertz CT molecular complexity index is 1780. The first-order valence-corrected chi connectivity index (χ1v) is 14.6. The van der Waals surface area contributed by atoms with Crippen molar-refractivity contribution in [1.82, 2.24) is 24.2 Å². The predicted molar refractivity (Wildman–Crippen MR) is 169 cm³/mol. The molecular weight excluding hydrogens is 524 g/mol. The highest BCUT2D eigenvalue weighted by molar-refractivity contribution is 6.10. The fraction of sp³-hybridized carbons (Fsp3) is 0.303.